The van der Waals surface area contributed by atoms with Crippen LogP contribution in [0, 0.1) is 5.92 Å². The number of hydrogen-bond donors (Lipinski definition) is 0. The molecular weight excluding hydrogens is 654 g/mol. The molecule has 48 heavy (non-hydrogen) atoms. The van der Waals surface area contributed by atoms with Gasteiger partial charge in [-0.15, -0.1) is 0 Å². The third-order valence-electron chi connectivity index (χ3n) is 9.04. The Morgan fingerprint density at radius 1 is 0.917 bits per heavy atom. The van der Waals surface area contributed by atoms with Crippen LogP contribution in [-0.4, -0.2) is 42.8 Å². The maximum absolute atomic E-state index is 12.6. The van der Waals surface area contributed by atoms with Crippen molar-refractivity contribution in [3.63, 3.8) is 0 Å². The van der Waals surface area contributed by atoms with Crippen LogP contribution in [0.2, 0.25) is 0 Å². The predicted octanol–water partition coefficient (Wildman–Crippen LogP) is 4.28. The standard InChI is InChI=1S/C38H41NO6S2.Na/c1-3-30(25-28-11-7-5-8-12-28)31-15-17-32(18-16-31)38(36-24-23-35(46(40,41)42)26-37(36)47(43,44)45)33-19-21-34(22-20-33)39(4-2)27-29-13-9-6-10-14-29;/h5-7,9-11,13-23,26,30,36H,3-4,8,12,24-25,27H2,1-2H3,(H-,40,41,42,43,44,45);/q;+1/p-1. The van der Waals surface area contributed by atoms with E-state index in [1.807, 2.05) is 54.6 Å². The van der Waals surface area contributed by atoms with Crippen molar-refractivity contribution in [2.45, 2.75) is 58.4 Å². The predicted molar refractivity (Wildman–Crippen MR) is 185 cm³/mol. The fourth-order valence-electron chi connectivity index (χ4n) is 6.51. The summed E-state index contributed by atoms with van der Waals surface area (Å²) >= 11 is 0. The van der Waals surface area contributed by atoms with Gasteiger partial charge in [0.05, 0.1) is 4.91 Å². The van der Waals surface area contributed by atoms with Gasteiger partial charge in [0.25, 0.3) is 0 Å². The topological polar surface area (TPSA) is 117 Å². The number of hydrogen-bond acceptors (Lipinski definition) is 6. The van der Waals surface area contributed by atoms with E-state index in [0.29, 0.717) is 29.2 Å². The molecule has 246 valence electrons. The Bertz CT molecular complexity index is 1950. The van der Waals surface area contributed by atoms with Crippen molar-refractivity contribution in [2.24, 2.45) is 5.92 Å². The minimum absolute atomic E-state index is 0. The second kappa shape index (κ2) is 16.7. The summed E-state index contributed by atoms with van der Waals surface area (Å²) in [5.74, 6) is -0.665. The summed E-state index contributed by atoms with van der Waals surface area (Å²) in [4.78, 5) is -1.33. The first-order valence-electron chi connectivity index (χ1n) is 16.0. The zero-order chi connectivity index (χ0) is 33.6. The van der Waals surface area contributed by atoms with Gasteiger partial charge in [-0.25, -0.2) is 21.4 Å². The average molecular weight is 694 g/mol. The van der Waals surface area contributed by atoms with Crippen molar-refractivity contribution in [1.29, 1.82) is 0 Å². The zero-order valence-corrected chi connectivity index (χ0v) is 31.3. The van der Waals surface area contributed by atoms with Crippen molar-refractivity contribution in [3.8, 4) is 0 Å². The fourth-order valence-corrected chi connectivity index (χ4v) is 7.99. The first kappa shape index (κ1) is 37.9. The maximum Gasteiger partial charge on any atom is 1.00 e. The van der Waals surface area contributed by atoms with Gasteiger partial charge in [-0.2, -0.15) is 0 Å². The minimum Gasteiger partial charge on any atom is -0.744 e. The van der Waals surface area contributed by atoms with Gasteiger partial charge in [-0.1, -0.05) is 91.4 Å². The molecule has 0 spiro atoms. The van der Waals surface area contributed by atoms with E-state index in [4.69, 9.17) is 0 Å². The summed E-state index contributed by atoms with van der Waals surface area (Å²) in [7, 11) is -10.1. The molecule has 0 amide bonds. The van der Waals surface area contributed by atoms with E-state index in [0.717, 1.165) is 49.6 Å². The SMILES string of the molecule is CCC(CC1=CC=CCC1)c1ccc(C(=C2C=CC(=[N+](CC)Cc3ccccc3)C=C2)C2CC=C(S(=O)(=O)[O-])C=C2S(=O)(=O)[O-])cc1.[Na+]. The van der Waals surface area contributed by atoms with Gasteiger partial charge in [0, 0.05) is 28.5 Å². The minimum atomic E-state index is -5.11. The molecule has 2 aromatic carbocycles. The van der Waals surface area contributed by atoms with Crippen LogP contribution in [0.15, 0.2) is 130 Å². The number of benzene rings is 2. The Morgan fingerprint density at radius 3 is 2.17 bits per heavy atom. The molecular formula is C38H40NNaO6S2. The molecule has 3 aliphatic rings. The fraction of sp³-hybridized carbons (Fsp3) is 0.289. The monoisotopic (exact) mass is 693 g/mol. The van der Waals surface area contributed by atoms with Crippen molar-refractivity contribution in [2.75, 3.05) is 6.54 Å². The van der Waals surface area contributed by atoms with Gasteiger partial charge in [0.1, 0.15) is 26.8 Å². The summed E-state index contributed by atoms with van der Waals surface area (Å²) in [6.07, 6.45) is 20.1. The van der Waals surface area contributed by atoms with Crippen LogP contribution in [0.4, 0.5) is 0 Å². The molecule has 0 bridgehead atoms. The second-order valence-electron chi connectivity index (χ2n) is 12.0. The van der Waals surface area contributed by atoms with Crippen molar-refractivity contribution in [1.82, 2.24) is 0 Å². The van der Waals surface area contributed by atoms with Crippen LogP contribution in [0.5, 0.6) is 0 Å². The Kier molecular flexibility index (Phi) is 13.2. The molecule has 2 atom stereocenters. The van der Waals surface area contributed by atoms with Gasteiger partial charge in [0.15, 0.2) is 12.3 Å². The summed E-state index contributed by atoms with van der Waals surface area (Å²) in [5, 5.41) is 0. The molecule has 0 aromatic heterocycles. The van der Waals surface area contributed by atoms with Gasteiger partial charge in [-0.05, 0) is 85.4 Å². The largest absolute Gasteiger partial charge is 1.00 e. The third-order valence-corrected chi connectivity index (χ3v) is 10.9. The van der Waals surface area contributed by atoms with Crippen molar-refractivity contribution in [3.05, 3.63) is 147 Å². The average Bonchev–Trinajstić information content (AvgIpc) is 3.07. The molecule has 0 fully saturated rings. The Labute approximate surface area is 307 Å². The summed E-state index contributed by atoms with van der Waals surface area (Å²) < 4.78 is 75.4. The summed E-state index contributed by atoms with van der Waals surface area (Å²) in [6.45, 7) is 5.72. The van der Waals surface area contributed by atoms with E-state index in [1.54, 1.807) is 0 Å². The van der Waals surface area contributed by atoms with Gasteiger partial charge in [0.2, 0.25) is 0 Å². The molecule has 5 rings (SSSR count). The van der Waals surface area contributed by atoms with Crippen LogP contribution in [0.1, 0.15) is 68.6 Å². The van der Waals surface area contributed by atoms with Crippen LogP contribution >= 0.6 is 0 Å². The number of allylic oxidation sites excluding steroid dienone is 13. The Hall–Kier alpha value is -2.89. The second-order valence-corrected chi connectivity index (χ2v) is 14.8. The van der Waals surface area contributed by atoms with Gasteiger partial charge < -0.3 is 9.11 Å². The first-order chi connectivity index (χ1) is 22.5. The molecule has 0 heterocycles. The zero-order valence-electron chi connectivity index (χ0n) is 27.7. The molecule has 0 aliphatic heterocycles. The Morgan fingerprint density at radius 2 is 1.60 bits per heavy atom. The molecule has 0 saturated carbocycles. The van der Waals surface area contributed by atoms with Gasteiger partial charge in [-0.3, -0.25) is 0 Å². The van der Waals surface area contributed by atoms with Crippen LogP contribution in [-0.2, 0) is 26.8 Å². The van der Waals surface area contributed by atoms with E-state index in [9.17, 15) is 25.9 Å². The van der Waals surface area contributed by atoms with Crippen LogP contribution in [0.25, 0.3) is 5.57 Å². The van der Waals surface area contributed by atoms with E-state index in [1.165, 1.54) is 17.2 Å². The Balaban J connectivity index is 0.00000520. The molecule has 2 aromatic rings. The number of nitrogens with zero attached hydrogens (tertiary/aromatic N) is 1. The van der Waals surface area contributed by atoms with Crippen molar-refractivity contribution >= 4 is 31.5 Å². The smallest absolute Gasteiger partial charge is 0.744 e. The molecule has 0 saturated heterocycles. The molecule has 0 radical (unpaired) electrons. The van der Waals surface area contributed by atoms with Gasteiger partial charge >= 0.3 is 29.6 Å². The molecule has 7 nitrogen and oxygen atoms in total. The van der Waals surface area contributed by atoms with Crippen LogP contribution in [0.3, 0.4) is 0 Å². The molecule has 0 N–H and O–H groups in total. The maximum atomic E-state index is 12.6. The molecule has 3 aliphatic carbocycles. The number of rotatable bonds is 11. The summed E-state index contributed by atoms with van der Waals surface area (Å²) in [5.41, 5.74) is 6.71. The van der Waals surface area contributed by atoms with E-state index >= 15 is 0 Å². The molecule has 10 heteroatoms. The van der Waals surface area contributed by atoms with E-state index in [2.05, 4.69) is 60.9 Å². The third kappa shape index (κ3) is 9.41. The summed E-state index contributed by atoms with van der Waals surface area (Å²) in [6, 6.07) is 18.1. The van der Waals surface area contributed by atoms with Crippen LogP contribution < -0.4 is 29.6 Å². The first-order valence-corrected chi connectivity index (χ1v) is 18.8. The quantitative estimate of drug-likeness (QED) is 0.197. The molecule has 2 unspecified atom stereocenters. The van der Waals surface area contributed by atoms with E-state index < -0.39 is 36.0 Å². The normalized spacial score (nSPS) is 18.4. The van der Waals surface area contributed by atoms with E-state index in [-0.39, 0.29) is 36.0 Å². The van der Waals surface area contributed by atoms with Crippen molar-refractivity contribution < 1.29 is 60.1 Å².